The SMILES string of the molecule is CCOc1ccc(C(O)(C(=O)O)C(C)C)cc1. The third kappa shape index (κ3) is 2.58. The summed E-state index contributed by atoms with van der Waals surface area (Å²) in [4.78, 5) is 11.2. The van der Waals surface area contributed by atoms with Gasteiger partial charge in [0.05, 0.1) is 6.61 Å². The first kappa shape index (κ1) is 13.5. The number of aliphatic hydroxyl groups is 1. The Labute approximate surface area is 101 Å². The Balaban J connectivity index is 3.09. The lowest BCUT2D eigenvalue weighted by molar-refractivity contribution is -0.165. The van der Waals surface area contributed by atoms with E-state index >= 15 is 0 Å². The second kappa shape index (κ2) is 5.19. The normalized spacial score (nSPS) is 14.4. The molecule has 0 radical (unpaired) electrons. The molecule has 4 heteroatoms. The van der Waals surface area contributed by atoms with Crippen LogP contribution in [0, 0.1) is 5.92 Å². The molecule has 0 saturated carbocycles. The number of carboxylic acids is 1. The van der Waals surface area contributed by atoms with Crippen molar-refractivity contribution in [1.29, 1.82) is 0 Å². The summed E-state index contributed by atoms with van der Waals surface area (Å²) in [5.41, 5.74) is -1.49. The average Bonchev–Trinajstić information content (AvgIpc) is 2.28. The van der Waals surface area contributed by atoms with Crippen molar-refractivity contribution in [2.45, 2.75) is 26.4 Å². The van der Waals surface area contributed by atoms with E-state index in [2.05, 4.69) is 0 Å². The first-order valence-corrected chi connectivity index (χ1v) is 5.62. The molecule has 17 heavy (non-hydrogen) atoms. The molecule has 0 bridgehead atoms. The van der Waals surface area contributed by atoms with Gasteiger partial charge in [0.2, 0.25) is 0 Å². The van der Waals surface area contributed by atoms with E-state index in [0.717, 1.165) is 0 Å². The number of hydrogen-bond donors (Lipinski definition) is 2. The van der Waals surface area contributed by atoms with Crippen LogP contribution in [0.3, 0.4) is 0 Å². The molecule has 0 fully saturated rings. The summed E-state index contributed by atoms with van der Waals surface area (Å²) in [6.45, 7) is 5.76. The van der Waals surface area contributed by atoms with E-state index in [4.69, 9.17) is 9.84 Å². The van der Waals surface area contributed by atoms with Crippen LogP contribution in [-0.2, 0) is 10.4 Å². The molecule has 1 atom stereocenters. The zero-order chi connectivity index (χ0) is 13.1. The van der Waals surface area contributed by atoms with E-state index in [1.807, 2.05) is 6.92 Å². The predicted octanol–water partition coefficient (Wildman–Crippen LogP) is 2.01. The van der Waals surface area contributed by atoms with Crippen molar-refractivity contribution >= 4 is 5.97 Å². The van der Waals surface area contributed by atoms with Crippen molar-refractivity contribution < 1.29 is 19.7 Å². The Bertz CT molecular complexity index is 383. The van der Waals surface area contributed by atoms with E-state index in [0.29, 0.717) is 17.9 Å². The van der Waals surface area contributed by atoms with E-state index in [1.54, 1.807) is 38.1 Å². The Morgan fingerprint density at radius 3 is 2.24 bits per heavy atom. The van der Waals surface area contributed by atoms with Crippen LogP contribution in [0.15, 0.2) is 24.3 Å². The number of ether oxygens (including phenoxy) is 1. The standard InChI is InChI=1S/C13H18O4/c1-4-17-11-7-5-10(6-8-11)13(16,9(2)3)12(14)15/h5-9,16H,4H2,1-3H3,(H,14,15). The minimum Gasteiger partial charge on any atom is -0.494 e. The van der Waals surface area contributed by atoms with Crippen LogP contribution in [0.25, 0.3) is 0 Å². The topological polar surface area (TPSA) is 66.8 Å². The molecule has 94 valence electrons. The van der Waals surface area contributed by atoms with Gasteiger partial charge in [0.1, 0.15) is 5.75 Å². The fourth-order valence-corrected chi connectivity index (χ4v) is 1.68. The van der Waals surface area contributed by atoms with Gasteiger partial charge >= 0.3 is 5.97 Å². The number of hydrogen-bond acceptors (Lipinski definition) is 3. The van der Waals surface area contributed by atoms with Gasteiger partial charge in [-0.3, -0.25) is 0 Å². The highest BCUT2D eigenvalue weighted by Gasteiger charge is 2.41. The number of benzene rings is 1. The van der Waals surface area contributed by atoms with Crippen molar-refractivity contribution in [2.24, 2.45) is 5.92 Å². The summed E-state index contributed by atoms with van der Waals surface area (Å²) in [5.74, 6) is -0.998. The molecule has 1 aromatic carbocycles. The third-order valence-electron chi connectivity index (χ3n) is 2.77. The van der Waals surface area contributed by atoms with Crippen molar-refractivity contribution in [1.82, 2.24) is 0 Å². The molecule has 0 aliphatic heterocycles. The largest absolute Gasteiger partial charge is 0.494 e. The maximum atomic E-state index is 11.2. The van der Waals surface area contributed by atoms with Crippen LogP contribution in [0.5, 0.6) is 5.75 Å². The fourth-order valence-electron chi connectivity index (χ4n) is 1.68. The van der Waals surface area contributed by atoms with Gasteiger partial charge in [0, 0.05) is 0 Å². The van der Waals surface area contributed by atoms with Crippen LogP contribution >= 0.6 is 0 Å². The highest BCUT2D eigenvalue weighted by atomic mass is 16.5. The maximum absolute atomic E-state index is 11.2. The highest BCUT2D eigenvalue weighted by Crippen LogP contribution is 2.31. The van der Waals surface area contributed by atoms with Crippen molar-refractivity contribution in [3.63, 3.8) is 0 Å². The zero-order valence-electron chi connectivity index (χ0n) is 10.3. The third-order valence-corrected chi connectivity index (χ3v) is 2.77. The molecular weight excluding hydrogens is 220 g/mol. The van der Waals surface area contributed by atoms with Crippen LogP contribution in [0.2, 0.25) is 0 Å². The molecule has 0 aliphatic rings. The van der Waals surface area contributed by atoms with E-state index in [-0.39, 0.29) is 0 Å². The first-order chi connectivity index (χ1) is 7.92. The quantitative estimate of drug-likeness (QED) is 0.823. The minimum absolute atomic E-state index is 0.364. The second-order valence-corrected chi connectivity index (χ2v) is 4.18. The van der Waals surface area contributed by atoms with Crippen molar-refractivity contribution in [3.8, 4) is 5.75 Å². The Morgan fingerprint density at radius 1 is 1.35 bits per heavy atom. The summed E-state index contributed by atoms with van der Waals surface area (Å²) < 4.78 is 5.27. The minimum atomic E-state index is -1.86. The van der Waals surface area contributed by atoms with Gasteiger partial charge in [-0.15, -0.1) is 0 Å². The number of aliphatic carboxylic acids is 1. The molecule has 0 aliphatic carbocycles. The monoisotopic (exact) mass is 238 g/mol. The average molecular weight is 238 g/mol. The number of carbonyl (C=O) groups is 1. The van der Waals surface area contributed by atoms with Gasteiger partial charge in [0.25, 0.3) is 0 Å². The Hall–Kier alpha value is -1.55. The highest BCUT2D eigenvalue weighted by molar-refractivity contribution is 5.79. The zero-order valence-corrected chi connectivity index (χ0v) is 10.3. The van der Waals surface area contributed by atoms with E-state index in [9.17, 15) is 9.90 Å². The lowest BCUT2D eigenvalue weighted by Gasteiger charge is -2.28. The molecule has 0 aromatic heterocycles. The molecule has 4 nitrogen and oxygen atoms in total. The number of carboxylic acid groups (broad SMARTS) is 1. The van der Waals surface area contributed by atoms with Gasteiger partial charge < -0.3 is 14.9 Å². The molecule has 1 rings (SSSR count). The van der Waals surface area contributed by atoms with Crippen LogP contribution in [0.1, 0.15) is 26.3 Å². The second-order valence-electron chi connectivity index (χ2n) is 4.18. The summed E-state index contributed by atoms with van der Waals surface area (Å²) in [7, 11) is 0. The number of rotatable bonds is 5. The molecule has 1 aromatic rings. The molecule has 0 spiro atoms. The van der Waals surface area contributed by atoms with Crippen molar-refractivity contribution in [3.05, 3.63) is 29.8 Å². The summed E-state index contributed by atoms with van der Waals surface area (Å²) in [5, 5.41) is 19.4. The van der Waals surface area contributed by atoms with Crippen LogP contribution < -0.4 is 4.74 Å². The first-order valence-electron chi connectivity index (χ1n) is 5.62. The Morgan fingerprint density at radius 2 is 1.88 bits per heavy atom. The van der Waals surface area contributed by atoms with Gasteiger partial charge in [-0.25, -0.2) is 4.79 Å². The smallest absolute Gasteiger partial charge is 0.340 e. The summed E-state index contributed by atoms with van der Waals surface area (Å²) in [6.07, 6.45) is 0. The van der Waals surface area contributed by atoms with Crippen molar-refractivity contribution in [2.75, 3.05) is 6.61 Å². The van der Waals surface area contributed by atoms with E-state index < -0.39 is 17.5 Å². The lowest BCUT2D eigenvalue weighted by Crippen LogP contribution is -2.40. The molecule has 0 saturated heterocycles. The van der Waals surface area contributed by atoms with E-state index in [1.165, 1.54) is 0 Å². The summed E-state index contributed by atoms with van der Waals surface area (Å²) >= 11 is 0. The van der Waals surface area contributed by atoms with Gasteiger partial charge in [-0.05, 0) is 30.5 Å². The van der Waals surface area contributed by atoms with Gasteiger partial charge in [0.15, 0.2) is 5.60 Å². The van der Waals surface area contributed by atoms with Gasteiger partial charge in [-0.1, -0.05) is 26.0 Å². The molecular formula is C13H18O4. The predicted molar refractivity (Wildman–Crippen MR) is 64.0 cm³/mol. The van der Waals surface area contributed by atoms with Gasteiger partial charge in [-0.2, -0.15) is 0 Å². The van der Waals surface area contributed by atoms with Crippen LogP contribution in [-0.4, -0.2) is 22.8 Å². The molecule has 0 heterocycles. The fraction of sp³-hybridized carbons (Fsp3) is 0.462. The molecule has 0 amide bonds. The maximum Gasteiger partial charge on any atom is 0.340 e. The van der Waals surface area contributed by atoms with Crippen LogP contribution in [0.4, 0.5) is 0 Å². The Kier molecular flexibility index (Phi) is 4.12. The summed E-state index contributed by atoms with van der Waals surface area (Å²) in [6, 6.07) is 6.49. The molecule has 2 N–H and O–H groups in total. The molecule has 1 unspecified atom stereocenters. The lowest BCUT2D eigenvalue weighted by atomic mass is 9.83.